The predicted octanol–water partition coefficient (Wildman–Crippen LogP) is 4.31. The molecule has 0 radical (unpaired) electrons. The Morgan fingerprint density at radius 1 is 1.00 bits per heavy atom. The number of rotatable bonds is 3. The van der Waals surface area contributed by atoms with Gasteiger partial charge < -0.3 is 5.32 Å². The van der Waals surface area contributed by atoms with Gasteiger partial charge in [0.25, 0.3) is 5.91 Å². The van der Waals surface area contributed by atoms with Crippen molar-refractivity contribution in [2.75, 3.05) is 5.32 Å². The molecule has 5 nitrogen and oxygen atoms in total. The highest BCUT2D eigenvalue weighted by Crippen LogP contribution is 2.38. The van der Waals surface area contributed by atoms with Gasteiger partial charge in [-0.2, -0.15) is 18.3 Å². The highest BCUT2D eigenvalue weighted by molar-refractivity contribution is 6.04. The molecule has 3 rings (SSSR count). The number of amides is 1. The molecule has 0 fully saturated rings. The molecule has 0 saturated carbocycles. The highest BCUT2D eigenvalue weighted by atomic mass is 19.4. The molecule has 0 aliphatic heterocycles. The van der Waals surface area contributed by atoms with Crippen molar-refractivity contribution in [3.8, 4) is 11.1 Å². The van der Waals surface area contributed by atoms with E-state index in [1.54, 1.807) is 5.32 Å². The molecule has 0 saturated heterocycles. The van der Waals surface area contributed by atoms with Crippen molar-refractivity contribution in [3.63, 3.8) is 0 Å². The molecule has 2 aromatic heterocycles. The monoisotopic (exact) mass is 418 g/mol. The van der Waals surface area contributed by atoms with E-state index in [-0.39, 0.29) is 0 Å². The van der Waals surface area contributed by atoms with Crippen molar-refractivity contribution in [2.24, 2.45) is 7.05 Å². The van der Waals surface area contributed by atoms with Crippen LogP contribution in [0.25, 0.3) is 11.1 Å². The molecule has 152 valence electrons. The van der Waals surface area contributed by atoms with Gasteiger partial charge in [0.2, 0.25) is 0 Å². The summed E-state index contributed by atoms with van der Waals surface area (Å²) >= 11 is 0. The molecule has 0 aliphatic carbocycles. The first kappa shape index (κ1) is 20.3. The number of benzene rings is 1. The third-order valence-electron chi connectivity index (χ3n) is 3.80. The van der Waals surface area contributed by atoms with Gasteiger partial charge in [0.05, 0.1) is 18.1 Å². The van der Waals surface area contributed by atoms with Crippen molar-refractivity contribution in [1.29, 1.82) is 0 Å². The molecule has 0 spiro atoms. The fourth-order valence-electron chi connectivity index (χ4n) is 2.56. The zero-order valence-corrected chi connectivity index (χ0v) is 14.3. The molecule has 12 heteroatoms. The van der Waals surface area contributed by atoms with Crippen LogP contribution in [0.5, 0.6) is 0 Å². The first-order valence-electron chi connectivity index (χ1n) is 7.70. The highest BCUT2D eigenvalue weighted by Gasteiger charge is 2.38. The number of carbonyl (C=O) groups is 1. The Morgan fingerprint density at radius 3 is 2.21 bits per heavy atom. The SMILES string of the molecule is Cn1cc(-c2ccc(NC(=O)c3c(F)cncc3F)c(F)c2F)c(C(F)(F)F)n1. The fraction of sp³-hybridized carbons (Fsp3) is 0.118. The lowest BCUT2D eigenvalue weighted by Gasteiger charge is -2.11. The smallest absolute Gasteiger partial charge is 0.319 e. The maximum absolute atomic E-state index is 14.4. The van der Waals surface area contributed by atoms with Gasteiger partial charge in [-0.05, 0) is 12.1 Å². The second-order valence-electron chi connectivity index (χ2n) is 5.78. The van der Waals surface area contributed by atoms with Crippen molar-refractivity contribution < 1.29 is 35.5 Å². The van der Waals surface area contributed by atoms with Crippen molar-refractivity contribution in [3.05, 3.63) is 65.2 Å². The Morgan fingerprint density at radius 2 is 1.62 bits per heavy atom. The number of aromatic nitrogens is 3. The minimum absolute atomic E-state index is 0.541. The van der Waals surface area contributed by atoms with Gasteiger partial charge in [-0.3, -0.25) is 14.5 Å². The van der Waals surface area contributed by atoms with E-state index >= 15 is 0 Å². The van der Waals surface area contributed by atoms with Crippen LogP contribution in [0.1, 0.15) is 16.1 Å². The molecule has 1 aromatic carbocycles. The van der Waals surface area contributed by atoms with Crippen LogP contribution in [0, 0.1) is 23.3 Å². The summed E-state index contributed by atoms with van der Waals surface area (Å²) in [6.07, 6.45) is -3.00. The standard InChI is InChI=1S/C17H9F7N4O/c1-28-6-8(15(27-28)17(22,23)24)7-2-3-11(14(21)13(7)20)26-16(29)12-9(18)4-25-5-10(12)19/h2-6H,1H3,(H,26,29). The number of hydrogen-bond acceptors (Lipinski definition) is 3. The van der Waals surface area contributed by atoms with Crippen LogP contribution in [0.2, 0.25) is 0 Å². The molecular weight excluding hydrogens is 409 g/mol. The molecule has 1 amide bonds. The Kier molecular flexibility index (Phi) is 5.03. The first-order chi connectivity index (χ1) is 13.5. The van der Waals surface area contributed by atoms with E-state index in [4.69, 9.17) is 0 Å². The zero-order valence-electron chi connectivity index (χ0n) is 14.3. The predicted molar refractivity (Wildman–Crippen MR) is 85.7 cm³/mol. The number of aryl methyl sites for hydroxylation is 1. The summed E-state index contributed by atoms with van der Waals surface area (Å²) in [5.74, 6) is -7.55. The van der Waals surface area contributed by atoms with E-state index in [1.165, 1.54) is 7.05 Å². The summed E-state index contributed by atoms with van der Waals surface area (Å²) in [6.45, 7) is 0. The summed E-state index contributed by atoms with van der Waals surface area (Å²) in [6, 6.07) is 1.54. The Balaban J connectivity index is 2.01. The van der Waals surface area contributed by atoms with Crippen molar-refractivity contribution >= 4 is 11.6 Å². The molecule has 0 unspecified atom stereocenters. The second-order valence-corrected chi connectivity index (χ2v) is 5.78. The largest absolute Gasteiger partial charge is 0.435 e. The lowest BCUT2D eigenvalue weighted by Crippen LogP contribution is -2.17. The fourth-order valence-corrected chi connectivity index (χ4v) is 2.56. The van der Waals surface area contributed by atoms with Gasteiger partial charge in [-0.1, -0.05) is 0 Å². The van der Waals surface area contributed by atoms with Crippen LogP contribution < -0.4 is 5.32 Å². The average molecular weight is 418 g/mol. The minimum atomic E-state index is -4.93. The molecule has 0 bridgehead atoms. The van der Waals surface area contributed by atoms with Gasteiger partial charge >= 0.3 is 6.18 Å². The van der Waals surface area contributed by atoms with Crippen LogP contribution in [-0.2, 0) is 13.2 Å². The number of pyridine rings is 1. The van der Waals surface area contributed by atoms with E-state index in [2.05, 4.69) is 10.1 Å². The first-order valence-corrected chi connectivity index (χ1v) is 7.70. The summed E-state index contributed by atoms with van der Waals surface area (Å²) in [5.41, 5.74) is -4.83. The third kappa shape index (κ3) is 3.77. The number of anilines is 1. The summed E-state index contributed by atoms with van der Waals surface area (Å²) in [5, 5.41) is 4.98. The van der Waals surface area contributed by atoms with Crippen molar-refractivity contribution in [2.45, 2.75) is 6.18 Å². The number of nitrogens with zero attached hydrogens (tertiary/aromatic N) is 3. The maximum Gasteiger partial charge on any atom is 0.435 e. The summed E-state index contributed by atoms with van der Waals surface area (Å²) < 4.78 is 96.0. The molecule has 2 heterocycles. The lowest BCUT2D eigenvalue weighted by atomic mass is 10.0. The number of nitrogens with one attached hydrogen (secondary N) is 1. The number of halogens is 7. The molecule has 1 N–H and O–H groups in total. The summed E-state index contributed by atoms with van der Waals surface area (Å²) in [7, 11) is 1.17. The van der Waals surface area contributed by atoms with E-state index in [0.29, 0.717) is 12.4 Å². The van der Waals surface area contributed by atoms with Gasteiger partial charge in [0.1, 0.15) is 5.56 Å². The Labute approximate surface area is 157 Å². The lowest BCUT2D eigenvalue weighted by molar-refractivity contribution is -0.141. The molecule has 0 atom stereocenters. The third-order valence-corrected chi connectivity index (χ3v) is 3.80. The van der Waals surface area contributed by atoms with Crippen LogP contribution in [0.4, 0.5) is 36.4 Å². The maximum atomic E-state index is 14.4. The van der Waals surface area contributed by atoms with E-state index in [1.807, 2.05) is 0 Å². The number of carbonyl (C=O) groups excluding carboxylic acids is 1. The van der Waals surface area contributed by atoms with Crippen LogP contribution >= 0.6 is 0 Å². The minimum Gasteiger partial charge on any atom is -0.319 e. The van der Waals surface area contributed by atoms with Crippen LogP contribution in [0.15, 0.2) is 30.7 Å². The average Bonchev–Trinajstić information content (AvgIpc) is 3.01. The number of hydrogen-bond donors (Lipinski definition) is 1. The zero-order chi connectivity index (χ0) is 21.5. The van der Waals surface area contributed by atoms with Crippen molar-refractivity contribution in [1.82, 2.24) is 14.8 Å². The normalized spacial score (nSPS) is 11.6. The quantitative estimate of drug-likeness (QED) is 0.645. The molecular formula is C17H9F7N4O. The Bertz CT molecular complexity index is 1090. The second kappa shape index (κ2) is 7.18. The molecule has 29 heavy (non-hydrogen) atoms. The van der Waals surface area contributed by atoms with E-state index < -0.39 is 63.4 Å². The molecule has 0 aliphatic rings. The van der Waals surface area contributed by atoms with Crippen LogP contribution in [-0.4, -0.2) is 20.7 Å². The van der Waals surface area contributed by atoms with Gasteiger partial charge in [0.15, 0.2) is 29.0 Å². The van der Waals surface area contributed by atoms with Gasteiger partial charge in [-0.15, -0.1) is 0 Å². The molecule has 3 aromatic rings. The van der Waals surface area contributed by atoms with E-state index in [0.717, 1.165) is 23.0 Å². The van der Waals surface area contributed by atoms with Gasteiger partial charge in [-0.25, -0.2) is 17.6 Å². The Hall–Kier alpha value is -3.44. The number of alkyl halides is 3. The van der Waals surface area contributed by atoms with Gasteiger partial charge in [0, 0.05) is 24.4 Å². The topological polar surface area (TPSA) is 59.8 Å². The van der Waals surface area contributed by atoms with E-state index in [9.17, 15) is 35.5 Å². The van der Waals surface area contributed by atoms with Crippen LogP contribution in [0.3, 0.4) is 0 Å². The summed E-state index contributed by atoms with van der Waals surface area (Å²) in [4.78, 5) is 15.2.